The molecule has 1 N–H and O–H groups in total. The minimum atomic E-state index is -0.532. The first kappa shape index (κ1) is 16.9. The second-order valence-corrected chi connectivity index (χ2v) is 6.14. The van der Waals surface area contributed by atoms with Crippen molar-refractivity contribution in [3.05, 3.63) is 0 Å². The van der Waals surface area contributed by atoms with Crippen molar-refractivity contribution in [1.82, 2.24) is 4.90 Å². The van der Waals surface area contributed by atoms with Crippen LogP contribution in [-0.2, 0) is 19.1 Å². The van der Waals surface area contributed by atoms with Gasteiger partial charge in [0.2, 0.25) is 5.91 Å². The van der Waals surface area contributed by atoms with Crippen molar-refractivity contribution in [1.29, 1.82) is 0 Å². The summed E-state index contributed by atoms with van der Waals surface area (Å²) in [7, 11) is 0. The van der Waals surface area contributed by atoms with Crippen LogP contribution < -0.4 is 0 Å². The smallest absolute Gasteiger partial charge is 0.306 e. The molecule has 0 spiro atoms. The lowest BCUT2D eigenvalue weighted by Crippen LogP contribution is -2.50. The van der Waals surface area contributed by atoms with Crippen LogP contribution in [0.2, 0.25) is 0 Å². The van der Waals surface area contributed by atoms with Crippen LogP contribution in [0.5, 0.6) is 0 Å². The number of ether oxygens (including phenoxy) is 2. The third-order valence-electron chi connectivity index (χ3n) is 2.85. The summed E-state index contributed by atoms with van der Waals surface area (Å²) in [5, 5.41) is 9.12. The van der Waals surface area contributed by atoms with Gasteiger partial charge in [0.15, 0.2) is 0 Å². The van der Waals surface area contributed by atoms with Gasteiger partial charge >= 0.3 is 5.97 Å². The minimum Gasteiger partial charge on any atom is -0.460 e. The number of aliphatic hydroxyl groups is 1. The predicted molar refractivity (Wildman–Crippen MR) is 73.1 cm³/mol. The number of esters is 1. The standard InChI is InChI=1S/C14H25NO5/c1-10-7-15(8-11(9-16)19-10)12(17)5-6-13(18)20-14(2,3)4/h10-11,16H,5-9H2,1-4H3. The van der Waals surface area contributed by atoms with Gasteiger partial charge in [-0.25, -0.2) is 0 Å². The Kier molecular flexibility index (Phi) is 5.95. The van der Waals surface area contributed by atoms with Gasteiger partial charge in [0.25, 0.3) is 0 Å². The SMILES string of the molecule is CC1CN(C(=O)CCC(=O)OC(C)(C)C)CC(CO)O1. The molecule has 2 atom stereocenters. The predicted octanol–water partition coefficient (Wildman–Crippen LogP) is 0.716. The molecule has 0 bridgehead atoms. The Morgan fingerprint density at radius 1 is 1.30 bits per heavy atom. The van der Waals surface area contributed by atoms with E-state index in [-0.39, 0.29) is 43.5 Å². The zero-order valence-corrected chi connectivity index (χ0v) is 12.7. The number of hydrogen-bond donors (Lipinski definition) is 1. The van der Waals surface area contributed by atoms with E-state index in [0.29, 0.717) is 13.1 Å². The number of aliphatic hydroxyl groups excluding tert-OH is 1. The van der Waals surface area contributed by atoms with Gasteiger partial charge in [-0.05, 0) is 27.7 Å². The van der Waals surface area contributed by atoms with E-state index in [2.05, 4.69) is 0 Å². The van der Waals surface area contributed by atoms with E-state index in [4.69, 9.17) is 14.6 Å². The molecule has 1 amide bonds. The number of amides is 1. The van der Waals surface area contributed by atoms with Crippen molar-refractivity contribution in [2.75, 3.05) is 19.7 Å². The van der Waals surface area contributed by atoms with Crippen LogP contribution in [-0.4, -0.2) is 59.4 Å². The van der Waals surface area contributed by atoms with Gasteiger partial charge in [-0.3, -0.25) is 9.59 Å². The molecular formula is C14H25NO5. The van der Waals surface area contributed by atoms with Crippen LogP contribution in [0.1, 0.15) is 40.5 Å². The van der Waals surface area contributed by atoms with E-state index in [1.54, 1.807) is 25.7 Å². The number of hydrogen-bond acceptors (Lipinski definition) is 5. The Bertz CT molecular complexity index is 350. The molecule has 1 heterocycles. The zero-order valence-electron chi connectivity index (χ0n) is 12.7. The van der Waals surface area contributed by atoms with E-state index in [1.807, 2.05) is 6.92 Å². The second kappa shape index (κ2) is 7.04. The molecule has 0 aromatic rings. The lowest BCUT2D eigenvalue weighted by atomic mass is 10.1. The molecule has 116 valence electrons. The number of carbonyl (C=O) groups excluding carboxylic acids is 2. The molecule has 6 heteroatoms. The highest BCUT2D eigenvalue weighted by Gasteiger charge is 2.28. The van der Waals surface area contributed by atoms with E-state index in [0.717, 1.165) is 0 Å². The van der Waals surface area contributed by atoms with Gasteiger partial charge in [-0.15, -0.1) is 0 Å². The first-order chi connectivity index (χ1) is 9.21. The van der Waals surface area contributed by atoms with E-state index in [1.165, 1.54) is 0 Å². The maximum atomic E-state index is 12.1. The van der Waals surface area contributed by atoms with Crippen LogP contribution in [0.4, 0.5) is 0 Å². The number of rotatable bonds is 4. The highest BCUT2D eigenvalue weighted by molar-refractivity contribution is 5.81. The summed E-state index contributed by atoms with van der Waals surface area (Å²) in [6, 6.07) is 0. The van der Waals surface area contributed by atoms with Crippen molar-refractivity contribution >= 4 is 11.9 Å². The highest BCUT2D eigenvalue weighted by atomic mass is 16.6. The van der Waals surface area contributed by atoms with Gasteiger partial charge in [-0.1, -0.05) is 0 Å². The Morgan fingerprint density at radius 2 is 1.95 bits per heavy atom. The maximum Gasteiger partial charge on any atom is 0.306 e. The molecule has 0 aromatic carbocycles. The van der Waals surface area contributed by atoms with Crippen LogP contribution >= 0.6 is 0 Å². The van der Waals surface area contributed by atoms with Crippen LogP contribution in [0.3, 0.4) is 0 Å². The van der Waals surface area contributed by atoms with E-state index in [9.17, 15) is 9.59 Å². The normalized spacial score (nSPS) is 23.6. The van der Waals surface area contributed by atoms with Crippen molar-refractivity contribution in [2.24, 2.45) is 0 Å². The topological polar surface area (TPSA) is 76.1 Å². The molecule has 0 aromatic heterocycles. The summed E-state index contributed by atoms with van der Waals surface area (Å²) >= 11 is 0. The van der Waals surface area contributed by atoms with Crippen molar-refractivity contribution < 1.29 is 24.2 Å². The molecule has 0 aliphatic carbocycles. The summed E-state index contributed by atoms with van der Waals surface area (Å²) in [6.07, 6.45) is -0.249. The van der Waals surface area contributed by atoms with Gasteiger partial charge < -0.3 is 19.5 Å². The van der Waals surface area contributed by atoms with Gasteiger partial charge in [0, 0.05) is 19.5 Å². The summed E-state index contributed by atoms with van der Waals surface area (Å²) in [6.45, 7) is 7.99. The Hall–Kier alpha value is -1.14. The molecule has 1 aliphatic rings. The quantitative estimate of drug-likeness (QED) is 0.771. The largest absolute Gasteiger partial charge is 0.460 e. The Balaban J connectivity index is 2.40. The summed E-state index contributed by atoms with van der Waals surface area (Å²) < 4.78 is 10.6. The average Bonchev–Trinajstić information content (AvgIpc) is 2.33. The molecular weight excluding hydrogens is 262 g/mol. The average molecular weight is 287 g/mol. The fourth-order valence-corrected chi connectivity index (χ4v) is 2.11. The van der Waals surface area contributed by atoms with Gasteiger partial charge in [0.05, 0.1) is 25.2 Å². The third-order valence-corrected chi connectivity index (χ3v) is 2.85. The Labute approximate surface area is 120 Å². The first-order valence-corrected chi connectivity index (χ1v) is 6.97. The lowest BCUT2D eigenvalue weighted by Gasteiger charge is -2.36. The molecule has 0 saturated carbocycles. The van der Waals surface area contributed by atoms with Crippen molar-refractivity contribution in [3.8, 4) is 0 Å². The zero-order chi connectivity index (χ0) is 15.3. The fraction of sp³-hybridized carbons (Fsp3) is 0.857. The molecule has 0 radical (unpaired) electrons. The second-order valence-electron chi connectivity index (χ2n) is 6.14. The monoisotopic (exact) mass is 287 g/mol. The summed E-state index contributed by atoms with van der Waals surface area (Å²) in [5.74, 6) is -0.477. The molecule has 1 rings (SSSR count). The summed E-state index contributed by atoms with van der Waals surface area (Å²) in [4.78, 5) is 25.3. The minimum absolute atomic E-state index is 0.0750. The third kappa shape index (κ3) is 5.88. The van der Waals surface area contributed by atoms with Crippen LogP contribution in [0.25, 0.3) is 0 Å². The van der Waals surface area contributed by atoms with Crippen LogP contribution in [0.15, 0.2) is 0 Å². The van der Waals surface area contributed by atoms with E-state index < -0.39 is 5.60 Å². The Morgan fingerprint density at radius 3 is 2.50 bits per heavy atom. The number of nitrogens with zero attached hydrogens (tertiary/aromatic N) is 1. The highest BCUT2D eigenvalue weighted by Crippen LogP contribution is 2.14. The molecule has 6 nitrogen and oxygen atoms in total. The molecule has 20 heavy (non-hydrogen) atoms. The first-order valence-electron chi connectivity index (χ1n) is 6.97. The molecule has 1 aliphatic heterocycles. The number of carbonyl (C=O) groups is 2. The molecule has 2 unspecified atom stereocenters. The van der Waals surface area contributed by atoms with E-state index >= 15 is 0 Å². The molecule has 1 saturated heterocycles. The van der Waals surface area contributed by atoms with Crippen molar-refractivity contribution in [3.63, 3.8) is 0 Å². The van der Waals surface area contributed by atoms with Gasteiger partial charge in [-0.2, -0.15) is 0 Å². The van der Waals surface area contributed by atoms with Crippen LogP contribution in [0, 0.1) is 0 Å². The number of morpholine rings is 1. The molecule has 1 fully saturated rings. The maximum absolute atomic E-state index is 12.1. The summed E-state index contributed by atoms with van der Waals surface area (Å²) in [5.41, 5.74) is -0.532. The fourth-order valence-electron chi connectivity index (χ4n) is 2.11. The van der Waals surface area contributed by atoms with Gasteiger partial charge in [0.1, 0.15) is 5.60 Å². The van der Waals surface area contributed by atoms with Crippen molar-refractivity contribution in [2.45, 2.75) is 58.3 Å². The lowest BCUT2D eigenvalue weighted by molar-refractivity contribution is -0.158.